The van der Waals surface area contributed by atoms with Gasteiger partial charge in [-0.25, -0.2) is 9.59 Å². The van der Waals surface area contributed by atoms with Crippen molar-refractivity contribution in [2.24, 2.45) is 5.16 Å². The van der Waals surface area contributed by atoms with Gasteiger partial charge in [0.25, 0.3) is 11.8 Å². The molecule has 3 atom stereocenters. The Morgan fingerprint density at radius 3 is 2.67 bits per heavy atom. The standard InChI is InChI=1S/C22H21F3N8O7S2/c23-22(24,25)20(39)40-30-11(14-29-21(26)42-31-14)15(34)28-12-17(36)33-13(19(37)38)9(7-41-18(12)33)5-8-2-4-32(16(8)35)10-1-3-27-6-10/h5,10,12,18,27H,1-4,6-7H2,(H,28,34)(H,37,38)(H2,26,29,31)/b8-5+,30-11-/t10-,12-,18-/m1/s1. The first-order valence-corrected chi connectivity index (χ1v) is 14.1. The number of carboxylic acids is 1. The number of likely N-dealkylation sites (tertiary alicyclic amines) is 1. The summed E-state index contributed by atoms with van der Waals surface area (Å²) in [7, 11) is 0. The minimum Gasteiger partial charge on any atom is -0.477 e. The first-order valence-electron chi connectivity index (χ1n) is 12.3. The van der Waals surface area contributed by atoms with Gasteiger partial charge in [-0.15, -0.1) is 11.8 Å². The molecular formula is C22H21F3N8O7S2. The van der Waals surface area contributed by atoms with Crippen molar-refractivity contribution in [3.63, 3.8) is 0 Å². The number of oxime groups is 1. The number of halogens is 3. The summed E-state index contributed by atoms with van der Waals surface area (Å²) in [5, 5.41) is 17.3. The number of carboxylic acid groups (broad SMARTS) is 1. The Balaban J connectivity index is 1.34. The topological polar surface area (TPSA) is 210 Å². The number of hydrogen-bond acceptors (Lipinski definition) is 13. The van der Waals surface area contributed by atoms with E-state index in [4.69, 9.17) is 5.73 Å². The number of aromatic nitrogens is 2. The maximum absolute atomic E-state index is 13.1. The van der Waals surface area contributed by atoms with Crippen LogP contribution in [0.4, 0.5) is 18.3 Å². The largest absolute Gasteiger partial charge is 0.493 e. The van der Waals surface area contributed by atoms with E-state index < -0.39 is 52.9 Å². The number of nitrogens with two attached hydrogens (primary N) is 1. The summed E-state index contributed by atoms with van der Waals surface area (Å²) in [5.41, 5.74) is 4.83. The molecule has 0 spiro atoms. The lowest BCUT2D eigenvalue weighted by Gasteiger charge is -2.49. The van der Waals surface area contributed by atoms with Gasteiger partial charge in [-0.2, -0.15) is 22.5 Å². The number of amides is 3. The van der Waals surface area contributed by atoms with Crippen molar-refractivity contribution in [1.82, 2.24) is 29.8 Å². The molecule has 1 aromatic heterocycles. The SMILES string of the molecule is Nc1nc(/C(=N/OC(=O)C(F)(F)F)C(=O)N[C@@H]2C(=O)N3C(C(=O)O)=C(/C=C4\CCN([C@@H]5CCNC5)C4=O)CS[C@H]23)ns1. The summed E-state index contributed by atoms with van der Waals surface area (Å²) >= 11 is 1.68. The van der Waals surface area contributed by atoms with Gasteiger partial charge >= 0.3 is 18.1 Å². The van der Waals surface area contributed by atoms with Crippen LogP contribution in [0.25, 0.3) is 0 Å². The average molecular weight is 631 g/mol. The maximum Gasteiger partial charge on any atom is 0.493 e. The summed E-state index contributed by atoms with van der Waals surface area (Å²) in [6.45, 7) is 1.98. The number of hydrogen-bond donors (Lipinski definition) is 4. The predicted molar refractivity (Wildman–Crippen MR) is 138 cm³/mol. The Bertz CT molecular complexity index is 1450. The van der Waals surface area contributed by atoms with Crippen LogP contribution in [-0.4, -0.2) is 109 Å². The Hall–Kier alpha value is -4.04. The zero-order valence-corrected chi connectivity index (χ0v) is 22.8. The van der Waals surface area contributed by atoms with Crippen LogP contribution in [-0.2, 0) is 28.8 Å². The third kappa shape index (κ3) is 5.55. The molecule has 0 aromatic carbocycles. The molecule has 5 heterocycles. The first kappa shape index (κ1) is 29.5. The van der Waals surface area contributed by atoms with Crippen molar-refractivity contribution >= 4 is 63.8 Å². The average Bonchev–Trinajstić information content (AvgIpc) is 3.69. The van der Waals surface area contributed by atoms with E-state index in [0.29, 0.717) is 36.6 Å². The number of carbonyl (C=O) groups excluding carboxylic acids is 4. The molecule has 0 bridgehead atoms. The van der Waals surface area contributed by atoms with Crippen molar-refractivity contribution in [2.45, 2.75) is 36.5 Å². The second kappa shape index (κ2) is 11.3. The maximum atomic E-state index is 13.1. The second-order valence-electron chi connectivity index (χ2n) is 9.38. The quantitative estimate of drug-likeness (QED) is 0.0959. The number of β-lactam (4-membered cyclic amide) rings is 1. The minimum atomic E-state index is -5.41. The molecule has 3 amide bonds. The van der Waals surface area contributed by atoms with Crippen molar-refractivity contribution in [2.75, 3.05) is 31.1 Å². The van der Waals surface area contributed by atoms with E-state index in [2.05, 4.69) is 30.0 Å². The Labute approximate surface area is 242 Å². The van der Waals surface area contributed by atoms with Crippen molar-refractivity contribution in [3.8, 4) is 0 Å². The van der Waals surface area contributed by atoms with Crippen LogP contribution in [0.5, 0.6) is 0 Å². The number of anilines is 1. The van der Waals surface area contributed by atoms with Crippen molar-refractivity contribution < 1.29 is 47.1 Å². The number of alkyl halides is 3. The Kier molecular flexibility index (Phi) is 7.94. The second-order valence-corrected chi connectivity index (χ2v) is 11.3. The number of rotatable bonds is 7. The summed E-state index contributed by atoms with van der Waals surface area (Å²) in [5.74, 6) is -6.91. The summed E-state index contributed by atoms with van der Waals surface area (Å²) in [4.78, 5) is 72.5. The molecule has 42 heavy (non-hydrogen) atoms. The van der Waals surface area contributed by atoms with Crippen LogP contribution in [0.1, 0.15) is 18.7 Å². The van der Waals surface area contributed by atoms with Gasteiger partial charge in [0, 0.05) is 42.0 Å². The van der Waals surface area contributed by atoms with Gasteiger partial charge in [0.2, 0.25) is 17.4 Å². The molecular weight excluding hydrogens is 609 g/mol. The summed E-state index contributed by atoms with van der Waals surface area (Å²) < 4.78 is 41.4. The van der Waals surface area contributed by atoms with Crippen LogP contribution in [0.15, 0.2) is 28.1 Å². The Morgan fingerprint density at radius 2 is 2.05 bits per heavy atom. The van der Waals surface area contributed by atoms with Crippen LogP contribution in [0, 0.1) is 0 Å². The van der Waals surface area contributed by atoms with E-state index in [1.807, 2.05) is 0 Å². The molecule has 3 saturated heterocycles. The number of nitrogens with zero attached hydrogens (tertiary/aromatic N) is 5. The van der Waals surface area contributed by atoms with Gasteiger partial charge in [-0.1, -0.05) is 5.16 Å². The molecule has 5 N–H and O–H groups in total. The number of carbonyl (C=O) groups is 5. The van der Waals surface area contributed by atoms with E-state index in [0.717, 1.165) is 29.6 Å². The van der Waals surface area contributed by atoms with E-state index in [1.54, 1.807) is 4.90 Å². The molecule has 0 saturated carbocycles. The third-order valence-electron chi connectivity index (χ3n) is 6.79. The molecule has 0 radical (unpaired) electrons. The summed E-state index contributed by atoms with van der Waals surface area (Å²) in [6.07, 6.45) is -2.68. The number of nitrogens with one attached hydrogen (secondary N) is 2. The van der Waals surface area contributed by atoms with Gasteiger partial charge in [0.15, 0.2) is 5.13 Å². The Morgan fingerprint density at radius 1 is 1.29 bits per heavy atom. The number of fused-ring (bicyclic) bond motifs is 1. The number of thioether (sulfide) groups is 1. The van der Waals surface area contributed by atoms with Crippen LogP contribution < -0.4 is 16.4 Å². The molecule has 5 rings (SSSR count). The van der Waals surface area contributed by atoms with Crippen molar-refractivity contribution in [1.29, 1.82) is 0 Å². The highest BCUT2D eigenvalue weighted by Crippen LogP contribution is 2.41. The third-order valence-corrected chi connectivity index (χ3v) is 8.63. The smallest absolute Gasteiger partial charge is 0.477 e. The van der Waals surface area contributed by atoms with Crippen LogP contribution in [0.3, 0.4) is 0 Å². The minimum absolute atomic E-state index is 0.0594. The van der Waals surface area contributed by atoms with E-state index in [9.17, 15) is 42.3 Å². The van der Waals surface area contributed by atoms with Crippen LogP contribution in [0.2, 0.25) is 0 Å². The van der Waals surface area contributed by atoms with Gasteiger partial charge < -0.3 is 31.2 Å². The van der Waals surface area contributed by atoms with Crippen LogP contribution >= 0.6 is 23.3 Å². The number of nitrogen functional groups attached to an aromatic ring is 1. The fourth-order valence-corrected chi connectivity index (χ4v) is 6.59. The zero-order chi connectivity index (χ0) is 30.3. The monoisotopic (exact) mass is 630 g/mol. The fourth-order valence-electron chi connectivity index (χ4n) is 4.85. The number of allylic oxidation sites excluding steroid dienone is 1. The number of aliphatic carboxylic acids is 1. The van der Waals surface area contributed by atoms with E-state index in [-0.39, 0.29) is 34.1 Å². The first-order chi connectivity index (χ1) is 19.9. The fraction of sp³-hybridized carbons (Fsp3) is 0.455. The highest BCUT2D eigenvalue weighted by atomic mass is 32.2. The highest BCUT2D eigenvalue weighted by molar-refractivity contribution is 8.00. The molecule has 0 unspecified atom stereocenters. The van der Waals surface area contributed by atoms with Gasteiger partial charge in [0.1, 0.15) is 17.1 Å². The molecule has 4 aliphatic rings. The predicted octanol–water partition coefficient (Wildman–Crippen LogP) is -0.811. The highest BCUT2D eigenvalue weighted by Gasteiger charge is 2.54. The molecule has 3 fully saturated rings. The van der Waals surface area contributed by atoms with Gasteiger partial charge in [-0.05, 0) is 31.0 Å². The molecule has 15 nitrogen and oxygen atoms in total. The van der Waals surface area contributed by atoms with E-state index in [1.165, 1.54) is 6.08 Å². The molecule has 20 heteroatoms. The zero-order valence-electron chi connectivity index (χ0n) is 21.2. The lowest BCUT2D eigenvalue weighted by Crippen LogP contribution is -2.71. The lowest BCUT2D eigenvalue weighted by atomic mass is 10.0. The van der Waals surface area contributed by atoms with Gasteiger partial charge in [0.05, 0.1) is 0 Å². The molecule has 224 valence electrons. The lowest BCUT2D eigenvalue weighted by molar-refractivity contribution is -0.199. The molecule has 1 aromatic rings. The molecule has 4 aliphatic heterocycles. The summed E-state index contributed by atoms with van der Waals surface area (Å²) in [6, 6.07) is -1.26. The van der Waals surface area contributed by atoms with E-state index >= 15 is 0 Å². The van der Waals surface area contributed by atoms with Crippen molar-refractivity contribution in [3.05, 3.63) is 28.7 Å². The normalized spacial score (nSPS) is 25.5. The van der Waals surface area contributed by atoms with Gasteiger partial charge in [-0.3, -0.25) is 19.3 Å². The molecule has 0 aliphatic carbocycles.